The lowest BCUT2D eigenvalue weighted by Gasteiger charge is -2.10. The van der Waals surface area contributed by atoms with E-state index in [2.05, 4.69) is 6.92 Å². The van der Waals surface area contributed by atoms with Gasteiger partial charge >= 0.3 is 0 Å². The average Bonchev–Trinajstić information content (AvgIpc) is 2.59. The van der Waals surface area contributed by atoms with Gasteiger partial charge in [0, 0.05) is 24.5 Å². The Bertz CT molecular complexity index is 443. The third-order valence-electron chi connectivity index (χ3n) is 2.90. The van der Waals surface area contributed by atoms with E-state index in [0.29, 0.717) is 41.7 Å². The Morgan fingerprint density at radius 2 is 1.94 bits per heavy atom. The molecule has 98 valence electrons. The molecular weight excluding hydrogens is 252 g/mol. The fraction of sp³-hybridized carbons (Fsp3) is 0.500. The fourth-order valence-electron chi connectivity index (χ4n) is 1.87. The predicted octanol–water partition coefficient (Wildman–Crippen LogP) is 3.87. The van der Waals surface area contributed by atoms with Crippen LogP contribution in [0.5, 0.6) is 11.5 Å². The minimum atomic E-state index is 0.0671. The lowest BCUT2D eigenvalue weighted by molar-refractivity contribution is 0.0979. The van der Waals surface area contributed by atoms with Gasteiger partial charge in [-0.05, 0) is 12.5 Å². The van der Waals surface area contributed by atoms with Crippen LogP contribution in [0.25, 0.3) is 0 Å². The number of hydrogen-bond donors (Lipinski definition) is 0. The van der Waals surface area contributed by atoms with Gasteiger partial charge in [-0.15, -0.1) is 0 Å². The molecule has 0 bridgehead atoms. The smallest absolute Gasteiger partial charge is 0.164 e. The number of fused-ring (bicyclic) bond motifs is 1. The van der Waals surface area contributed by atoms with E-state index < -0.39 is 0 Å². The van der Waals surface area contributed by atoms with Crippen LogP contribution >= 0.6 is 11.6 Å². The highest BCUT2D eigenvalue weighted by Gasteiger charge is 2.17. The molecule has 18 heavy (non-hydrogen) atoms. The second-order valence-electron chi connectivity index (χ2n) is 4.36. The number of Topliss-reactive ketones (excluding diaryl/α,β-unsaturated/α-hetero) is 1. The maximum absolute atomic E-state index is 12.0. The van der Waals surface area contributed by atoms with E-state index in [4.69, 9.17) is 21.1 Å². The van der Waals surface area contributed by atoms with Gasteiger partial charge in [0.25, 0.3) is 0 Å². The molecule has 1 aliphatic heterocycles. The van der Waals surface area contributed by atoms with Crippen molar-refractivity contribution in [3.8, 4) is 11.5 Å². The Morgan fingerprint density at radius 3 is 2.61 bits per heavy atom. The number of benzene rings is 1. The van der Waals surface area contributed by atoms with E-state index in [1.807, 2.05) is 0 Å². The van der Waals surface area contributed by atoms with Gasteiger partial charge in [0.05, 0.1) is 18.2 Å². The van der Waals surface area contributed by atoms with Crippen molar-refractivity contribution in [3.05, 3.63) is 22.7 Å². The van der Waals surface area contributed by atoms with E-state index in [0.717, 1.165) is 19.3 Å². The molecule has 0 saturated heterocycles. The van der Waals surface area contributed by atoms with Gasteiger partial charge in [-0.1, -0.05) is 24.9 Å². The molecule has 0 aromatic heterocycles. The number of unbranched alkanes of at least 4 members (excludes halogenated alkanes) is 1. The predicted molar refractivity (Wildman–Crippen MR) is 70.9 cm³/mol. The first-order valence-corrected chi connectivity index (χ1v) is 6.72. The van der Waals surface area contributed by atoms with Crippen molar-refractivity contribution in [2.24, 2.45) is 0 Å². The zero-order chi connectivity index (χ0) is 13.0. The summed E-state index contributed by atoms with van der Waals surface area (Å²) in [6.45, 7) is 3.28. The van der Waals surface area contributed by atoms with Gasteiger partial charge in [-0.3, -0.25) is 4.79 Å². The van der Waals surface area contributed by atoms with Crippen molar-refractivity contribution in [2.75, 3.05) is 13.2 Å². The number of carbonyl (C=O) groups is 1. The van der Waals surface area contributed by atoms with Crippen molar-refractivity contribution in [3.63, 3.8) is 0 Å². The summed E-state index contributed by atoms with van der Waals surface area (Å²) in [6.07, 6.45) is 3.23. The van der Waals surface area contributed by atoms with Crippen LogP contribution in [-0.2, 0) is 0 Å². The van der Waals surface area contributed by atoms with Crippen molar-refractivity contribution in [1.29, 1.82) is 0 Å². The normalized spacial score (nSPS) is 14.1. The zero-order valence-corrected chi connectivity index (χ0v) is 11.3. The van der Waals surface area contributed by atoms with Gasteiger partial charge in [0.15, 0.2) is 17.3 Å². The van der Waals surface area contributed by atoms with Crippen LogP contribution < -0.4 is 9.47 Å². The van der Waals surface area contributed by atoms with Crippen molar-refractivity contribution < 1.29 is 14.3 Å². The van der Waals surface area contributed by atoms with Gasteiger partial charge < -0.3 is 9.47 Å². The van der Waals surface area contributed by atoms with Crippen molar-refractivity contribution in [2.45, 2.75) is 32.6 Å². The van der Waals surface area contributed by atoms with Crippen LogP contribution in [0, 0.1) is 0 Å². The van der Waals surface area contributed by atoms with Gasteiger partial charge in [-0.2, -0.15) is 0 Å². The van der Waals surface area contributed by atoms with E-state index in [1.165, 1.54) is 0 Å². The third-order valence-corrected chi connectivity index (χ3v) is 3.21. The summed E-state index contributed by atoms with van der Waals surface area (Å²) in [6, 6.07) is 3.39. The molecule has 0 radical (unpaired) electrons. The molecule has 1 heterocycles. The summed E-state index contributed by atoms with van der Waals surface area (Å²) < 4.78 is 11.1. The lowest BCUT2D eigenvalue weighted by atomic mass is 10.0. The van der Waals surface area contributed by atoms with Crippen molar-refractivity contribution >= 4 is 17.4 Å². The SMILES string of the molecule is CCCCC(=O)c1cc2c(cc1Cl)OCCCO2. The topological polar surface area (TPSA) is 35.5 Å². The minimum Gasteiger partial charge on any atom is -0.490 e. The number of carbonyl (C=O) groups excluding carboxylic acids is 1. The Hall–Kier alpha value is -1.22. The maximum atomic E-state index is 12.0. The summed E-state index contributed by atoms with van der Waals surface area (Å²) in [5, 5.41) is 0.445. The molecule has 0 N–H and O–H groups in total. The van der Waals surface area contributed by atoms with Gasteiger partial charge in [0.1, 0.15) is 0 Å². The molecule has 0 aliphatic carbocycles. The maximum Gasteiger partial charge on any atom is 0.164 e. The zero-order valence-electron chi connectivity index (χ0n) is 10.5. The Balaban J connectivity index is 2.26. The third kappa shape index (κ3) is 2.96. The molecule has 0 unspecified atom stereocenters. The molecule has 2 rings (SSSR count). The monoisotopic (exact) mass is 268 g/mol. The first kappa shape index (κ1) is 13.2. The molecule has 4 heteroatoms. The summed E-state index contributed by atoms with van der Waals surface area (Å²) in [7, 11) is 0. The van der Waals surface area contributed by atoms with Gasteiger partial charge in [-0.25, -0.2) is 0 Å². The largest absolute Gasteiger partial charge is 0.490 e. The van der Waals surface area contributed by atoms with E-state index in [-0.39, 0.29) is 5.78 Å². The van der Waals surface area contributed by atoms with Crippen LogP contribution in [0.4, 0.5) is 0 Å². The standard InChI is InChI=1S/C14H17ClO3/c1-2-3-5-12(16)10-8-13-14(9-11(10)15)18-7-4-6-17-13/h8-9H,2-7H2,1H3. The molecule has 1 aliphatic rings. The Kier molecular flexibility index (Phi) is 4.48. The second kappa shape index (κ2) is 6.10. The van der Waals surface area contributed by atoms with E-state index >= 15 is 0 Å². The van der Waals surface area contributed by atoms with Crippen LogP contribution in [-0.4, -0.2) is 19.0 Å². The minimum absolute atomic E-state index is 0.0671. The molecule has 0 atom stereocenters. The first-order valence-electron chi connectivity index (χ1n) is 6.34. The summed E-state index contributed by atoms with van der Waals surface area (Å²) >= 11 is 6.13. The average molecular weight is 269 g/mol. The van der Waals surface area contributed by atoms with E-state index in [1.54, 1.807) is 12.1 Å². The fourth-order valence-corrected chi connectivity index (χ4v) is 2.13. The van der Waals surface area contributed by atoms with Crippen LogP contribution in [0.1, 0.15) is 43.0 Å². The summed E-state index contributed by atoms with van der Waals surface area (Å²) in [5.74, 6) is 1.32. The lowest BCUT2D eigenvalue weighted by Crippen LogP contribution is -2.02. The highest BCUT2D eigenvalue weighted by atomic mass is 35.5. The highest BCUT2D eigenvalue weighted by molar-refractivity contribution is 6.34. The molecule has 1 aromatic rings. The number of rotatable bonds is 4. The number of halogens is 1. The Morgan fingerprint density at radius 1 is 1.28 bits per heavy atom. The number of hydrogen-bond acceptors (Lipinski definition) is 3. The molecule has 0 amide bonds. The summed E-state index contributed by atoms with van der Waals surface area (Å²) in [5.41, 5.74) is 0.536. The second-order valence-corrected chi connectivity index (χ2v) is 4.76. The molecule has 3 nitrogen and oxygen atoms in total. The quantitative estimate of drug-likeness (QED) is 0.778. The molecule has 1 aromatic carbocycles. The van der Waals surface area contributed by atoms with Gasteiger partial charge in [0.2, 0.25) is 0 Å². The molecule has 0 spiro atoms. The number of ether oxygens (including phenoxy) is 2. The summed E-state index contributed by atoms with van der Waals surface area (Å²) in [4.78, 5) is 12.0. The number of ketones is 1. The molecule has 0 saturated carbocycles. The molecular formula is C14H17ClO3. The van der Waals surface area contributed by atoms with Crippen LogP contribution in [0.2, 0.25) is 5.02 Å². The first-order chi connectivity index (χ1) is 8.72. The Labute approximate surface area is 112 Å². The van der Waals surface area contributed by atoms with Crippen molar-refractivity contribution in [1.82, 2.24) is 0 Å². The molecule has 0 fully saturated rings. The van der Waals surface area contributed by atoms with Crippen LogP contribution in [0.3, 0.4) is 0 Å². The van der Waals surface area contributed by atoms with Crippen LogP contribution in [0.15, 0.2) is 12.1 Å². The van der Waals surface area contributed by atoms with E-state index in [9.17, 15) is 4.79 Å². The highest BCUT2D eigenvalue weighted by Crippen LogP contribution is 2.35.